The molecule has 0 spiro atoms. The van der Waals surface area contributed by atoms with E-state index in [1.165, 1.54) is 0 Å². The summed E-state index contributed by atoms with van der Waals surface area (Å²) in [7, 11) is 0. The Labute approximate surface area is 101 Å². The van der Waals surface area contributed by atoms with Gasteiger partial charge in [-0.25, -0.2) is 0 Å². The molecular formula is C13H16N2O2. The van der Waals surface area contributed by atoms with Gasteiger partial charge in [0.2, 0.25) is 0 Å². The summed E-state index contributed by atoms with van der Waals surface area (Å²) in [4.78, 5) is 11.9. The number of hydrogen-bond acceptors (Lipinski definition) is 3. The van der Waals surface area contributed by atoms with Crippen LogP contribution in [0.5, 0.6) is 0 Å². The summed E-state index contributed by atoms with van der Waals surface area (Å²) in [5.41, 5.74) is -0.684. The van der Waals surface area contributed by atoms with Crippen LogP contribution in [-0.4, -0.2) is 11.4 Å². The van der Waals surface area contributed by atoms with Crippen LogP contribution in [0.2, 0.25) is 0 Å². The van der Waals surface area contributed by atoms with E-state index in [0.717, 1.165) is 37.9 Å². The van der Waals surface area contributed by atoms with Gasteiger partial charge in [0.05, 0.1) is 6.07 Å². The van der Waals surface area contributed by atoms with E-state index in [2.05, 4.69) is 11.4 Å². The van der Waals surface area contributed by atoms with Crippen molar-refractivity contribution in [1.29, 1.82) is 5.26 Å². The van der Waals surface area contributed by atoms with E-state index in [1.807, 2.05) is 6.92 Å². The van der Waals surface area contributed by atoms with Crippen LogP contribution in [0.15, 0.2) is 16.5 Å². The van der Waals surface area contributed by atoms with Crippen molar-refractivity contribution in [2.75, 3.05) is 0 Å². The van der Waals surface area contributed by atoms with Crippen LogP contribution in [0.4, 0.5) is 0 Å². The summed E-state index contributed by atoms with van der Waals surface area (Å²) in [6.07, 6.45) is 4.21. The maximum Gasteiger partial charge on any atom is 0.288 e. The van der Waals surface area contributed by atoms with Crippen molar-refractivity contribution < 1.29 is 9.21 Å². The normalized spacial score (nSPS) is 17.6. The standard InChI is InChI=1S/C13H16N2O2/c1-2-10-5-6-11(17-10)12(16)15-13(9-14)7-3-4-8-13/h5-6H,2-4,7-8H2,1H3,(H,15,16). The lowest BCUT2D eigenvalue weighted by molar-refractivity contribution is 0.0890. The molecule has 0 radical (unpaired) electrons. The highest BCUT2D eigenvalue weighted by molar-refractivity contribution is 5.92. The van der Waals surface area contributed by atoms with Gasteiger partial charge in [0.1, 0.15) is 11.3 Å². The third kappa shape index (κ3) is 2.33. The lowest BCUT2D eigenvalue weighted by Crippen LogP contribution is -2.44. The first-order valence-electron chi connectivity index (χ1n) is 6.01. The van der Waals surface area contributed by atoms with Gasteiger partial charge in [0, 0.05) is 6.42 Å². The van der Waals surface area contributed by atoms with Crippen molar-refractivity contribution in [3.8, 4) is 6.07 Å². The number of carbonyl (C=O) groups is 1. The van der Waals surface area contributed by atoms with Gasteiger partial charge in [0.15, 0.2) is 5.76 Å². The number of nitrogens with one attached hydrogen (secondary N) is 1. The van der Waals surface area contributed by atoms with E-state index in [9.17, 15) is 4.79 Å². The number of nitrogens with zero attached hydrogens (tertiary/aromatic N) is 1. The van der Waals surface area contributed by atoms with Gasteiger partial charge in [-0.1, -0.05) is 6.92 Å². The fourth-order valence-corrected chi connectivity index (χ4v) is 2.21. The molecular weight excluding hydrogens is 216 g/mol. The first-order chi connectivity index (χ1) is 8.19. The van der Waals surface area contributed by atoms with E-state index in [4.69, 9.17) is 9.68 Å². The fraction of sp³-hybridized carbons (Fsp3) is 0.538. The predicted octanol–water partition coefficient (Wildman–Crippen LogP) is 2.41. The van der Waals surface area contributed by atoms with Crippen LogP contribution in [-0.2, 0) is 6.42 Å². The van der Waals surface area contributed by atoms with Crippen LogP contribution in [0.3, 0.4) is 0 Å². The zero-order chi connectivity index (χ0) is 12.3. The van der Waals surface area contributed by atoms with Gasteiger partial charge in [-0.2, -0.15) is 5.26 Å². The van der Waals surface area contributed by atoms with Crippen LogP contribution in [0, 0.1) is 11.3 Å². The lowest BCUT2D eigenvalue weighted by Gasteiger charge is -2.20. The summed E-state index contributed by atoms with van der Waals surface area (Å²) in [6, 6.07) is 5.68. The van der Waals surface area contributed by atoms with Crippen molar-refractivity contribution in [1.82, 2.24) is 5.32 Å². The second kappa shape index (κ2) is 4.62. The molecule has 1 aliphatic rings. The second-order valence-corrected chi connectivity index (χ2v) is 4.47. The Morgan fingerprint density at radius 3 is 2.76 bits per heavy atom. The number of hydrogen-bond donors (Lipinski definition) is 1. The average molecular weight is 232 g/mol. The molecule has 1 aliphatic carbocycles. The zero-order valence-corrected chi connectivity index (χ0v) is 9.95. The number of amides is 1. The van der Waals surface area contributed by atoms with Gasteiger partial charge >= 0.3 is 0 Å². The van der Waals surface area contributed by atoms with Crippen molar-refractivity contribution in [3.63, 3.8) is 0 Å². The summed E-state index contributed by atoms with van der Waals surface area (Å²) in [6.45, 7) is 1.97. The molecule has 0 aliphatic heterocycles. The average Bonchev–Trinajstić information content (AvgIpc) is 2.97. The van der Waals surface area contributed by atoms with Crippen LogP contribution < -0.4 is 5.32 Å². The SMILES string of the molecule is CCc1ccc(C(=O)NC2(C#N)CCCC2)o1. The molecule has 1 aromatic heterocycles. The molecule has 0 unspecified atom stereocenters. The Balaban J connectivity index is 2.08. The number of rotatable bonds is 3. The molecule has 1 heterocycles. The van der Waals surface area contributed by atoms with E-state index in [0.29, 0.717) is 5.76 Å². The van der Waals surface area contributed by atoms with E-state index >= 15 is 0 Å². The minimum Gasteiger partial charge on any atom is -0.456 e. The Bertz CT molecular complexity index is 450. The zero-order valence-electron chi connectivity index (χ0n) is 9.95. The molecule has 0 saturated heterocycles. The summed E-state index contributed by atoms with van der Waals surface area (Å²) in [5.74, 6) is 0.795. The first-order valence-corrected chi connectivity index (χ1v) is 6.01. The van der Waals surface area contributed by atoms with Crippen molar-refractivity contribution in [2.45, 2.75) is 44.6 Å². The molecule has 4 heteroatoms. The van der Waals surface area contributed by atoms with Crippen LogP contribution >= 0.6 is 0 Å². The number of furan rings is 1. The number of aryl methyl sites for hydroxylation is 1. The Hall–Kier alpha value is -1.76. The molecule has 17 heavy (non-hydrogen) atoms. The molecule has 90 valence electrons. The number of nitriles is 1. The van der Waals surface area contributed by atoms with Gasteiger partial charge in [-0.05, 0) is 37.8 Å². The van der Waals surface area contributed by atoms with Gasteiger partial charge < -0.3 is 9.73 Å². The molecule has 1 fully saturated rings. The maximum atomic E-state index is 11.9. The fourth-order valence-electron chi connectivity index (χ4n) is 2.21. The summed E-state index contributed by atoms with van der Waals surface area (Å²) < 4.78 is 5.37. The van der Waals surface area contributed by atoms with Crippen LogP contribution in [0.1, 0.15) is 48.9 Å². The monoisotopic (exact) mass is 232 g/mol. The predicted molar refractivity (Wildman–Crippen MR) is 62.4 cm³/mol. The van der Waals surface area contributed by atoms with Crippen LogP contribution in [0.25, 0.3) is 0 Å². The van der Waals surface area contributed by atoms with Gasteiger partial charge in [0.25, 0.3) is 5.91 Å². The number of carbonyl (C=O) groups excluding carboxylic acids is 1. The second-order valence-electron chi connectivity index (χ2n) is 4.47. The molecule has 1 saturated carbocycles. The molecule has 1 N–H and O–H groups in total. The minimum atomic E-state index is -0.684. The highest BCUT2D eigenvalue weighted by atomic mass is 16.3. The quantitative estimate of drug-likeness (QED) is 0.870. The van der Waals surface area contributed by atoms with Crippen molar-refractivity contribution >= 4 is 5.91 Å². The third-order valence-electron chi connectivity index (χ3n) is 3.26. The molecule has 0 bridgehead atoms. The lowest BCUT2D eigenvalue weighted by atomic mass is 10.00. The largest absolute Gasteiger partial charge is 0.456 e. The van der Waals surface area contributed by atoms with E-state index in [1.54, 1.807) is 12.1 Å². The smallest absolute Gasteiger partial charge is 0.288 e. The van der Waals surface area contributed by atoms with E-state index in [-0.39, 0.29) is 5.91 Å². The Kier molecular flexibility index (Phi) is 3.19. The molecule has 2 rings (SSSR count). The minimum absolute atomic E-state index is 0.284. The molecule has 0 atom stereocenters. The topological polar surface area (TPSA) is 66.0 Å². The van der Waals surface area contributed by atoms with Crippen molar-refractivity contribution in [3.05, 3.63) is 23.7 Å². The summed E-state index contributed by atoms with van der Waals surface area (Å²) >= 11 is 0. The highest BCUT2D eigenvalue weighted by Gasteiger charge is 2.36. The maximum absolute atomic E-state index is 11.9. The van der Waals surface area contributed by atoms with Crippen molar-refractivity contribution in [2.24, 2.45) is 0 Å². The van der Waals surface area contributed by atoms with Gasteiger partial charge in [-0.3, -0.25) is 4.79 Å². The third-order valence-corrected chi connectivity index (χ3v) is 3.26. The molecule has 1 aromatic rings. The highest BCUT2D eigenvalue weighted by Crippen LogP contribution is 2.29. The Morgan fingerprint density at radius 1 is 1.53 bits per heavy atom. The first kappa shape index (κ1) is 11.7. The van der Waals surface area contributed by atoms with Gasteiger partial charge in [-0.15, -0.1) is 0 Å². The molecule has 0 aromatic carbocycles. The van der Waals surface area contributed by atoms with E-state index < -0.39 is 5.54 Å². The molecule has 4 nitrogen and oxygen atoms in total. The molecule has 1 amide bonds. The summed E-state index contributed by atoms with van der Waals surface area (Å²) in [5, 5.41) is 12.0. The Morgan fingerprint density at radius 2 is 2.24 bits per heavy atom.